The Labute approximate surface area is 321 Å². The lowest BCUT2D eigenvalue weighted by Gasteiger charge is -2.48. The Morgan fingerprint density at radius 3 is 1.62 bits per heavy atom. The maximum absolute atomic E-state index is 6.27. The highest BCUT2D eigenvalue weighted by atomic mass is 16.3. The molecule has 2 heterocycles. The summed E-state index contributed by atoms with van der Waals surface area (Å²) in [5.74, 6) is 1.88. The van der Waals surface area contributed by atoms with Gasteiger partial charge in [0.05, 0.1) is 0 Å². The maximum atomic E-state index is 6.27. The van der Waals surface area contributed by atoms with E-state index in [1.807, 2.05) is 54.6 Å². The van der Waals surface area contributed by atoms with E-state index in [4.69, 9.17) is 19.4 Å². The smallest absolute Gasteiger partial charge is 0.164 e. The zero-order valence-corrected chi connectivity index (χ0v) is 31.3. The fourth-order valence-electron chi connectivity index (χ4n) is 8.32. The van der Waals surface area contributed by atoms with E-state index in [1.54, 1.807) is 0 Å². The molecule has 0 radical (unpaired) electrons. The van der Waals surface area contributed by atoms with Gasteiger partial charge in [-0.15, -0.1) is 0 Å². The minimum absolute atomic E-state index is 0.153. The van der Waals surface area contributed by atoms with E-state index in [1.165, 1.54) is 44.5 Å². The van der Waals surface area contributed by atoms with Crippen molar-refractivity contribution in [3.05, 3.63) is 175 Å². The van der Waals surface area contributed by atoms with Crippen LogP contribution in [0.5, 0.6) is 0 Å². The molecule has 0 N–H and O–H groups in total. The van der Waals surface area contributed by atoms with Gasteiger partial charge in [-0.2, -0.15) is 0 Å². The van der Waals surface area contributed by atoms with Gasteiger partial charge in [0.15, 0.2) is 17.5 Å². The van der Waals surface area contributed by atoms with Gasteiger partial charge in [-0.1, -0.05) is 155 Å². The monoisotopic (exact) mass is 709 g/mol. The molecule has 0 bridgehead atoms. The van der Waals surface area contributed by atoms with Crippen LogP contribution in [0.3, 0.4) is 0 Å². The van der Waals surface area contributed by atoms with Crippen molar-refractivity contribution in [3.8, 4) is 67.5 Å². The van der Waals surface area contributed by atoms with Crippen molar-refractivity contribution >= 4 is 21.9 Å². The lowest BCUT2D eigenvalue weighted by Crippen LogP contribution is -2.43. The summed E-state index contributed by atoms with van der Waals surface area (Å²) in [7, 11) is 0. The van der Waals surface area contributed by atoms with Crippen LogP contribution in [-0.4, -0.2) is 15.0 Å². The fourth-order valence-corrected chi connectivity index (χ4v) is 8.32. The minimum atomic E-state index is -0.190. The summed E-state index contributed by atoms with van der Waals surface area (Å²) in [4.78, 5) is 15.3. The van der Waals surface area contributed by atoms with E-state index < -0.39 is 0 Å². The Morgan fingerprint density at radius 1 is 0.345 bits per heavy atom. The van der Waals surface area contributed by atoms with Gasteiger partial charge in [0, 0.05) is 27.5 Å². The van der Waals surface area contributed by atoms with Crippen LogP contribution in [0.25, 0.3) is 89.5 Å². The van der Waals surface area contributed by atoms with Gasteiger partial charge in [0.2, 0.25) is 0 Å². The standard InChI is InChI=1S/C51H39N3O/c1-50(2)43-27-24-36(35-19-13-18-34(28-35)32-14-7-5-8-15-32)29-42(43)39-25-22-37(30-44(39)51(50,3)4)48-52-47(33-16-9-6-10-17-33)53-49(54-48)38-23-26-41-40-20-11-12-21-45(40)55-46(41)31-38/h5-31H,1-4H3. The summed E-state index contributed by atoms with van der Waals surface area (Å²) < 4.78 is 6.27. The number of hydrogen-bond donors (Lipinski definition) is 0. The van der Waals surface area contributed by atoms with E-state index in [0.717, 1.165) is 38.6 Å². The van der Waals surface area contributed by atoms with Crippen LogP contribution in [0, 0.1) is 0 Å². The Hall–Kier alpha value is -6.65. The van der Waals surface area contributed by atoms with E-state index in [9.17, 15) is 0 Å². The first-order chi connectivity index (χ1) is 26.7. The third-order valence-corrected chi connectivity index (χ3v) is 12.1. The number of rotatable bonds is 5. The first kappa shape index (κ1) is 33.0. The maximum Gasteiger partial charge on any atom is 0.164 e. The summed E-state index contributed by atoms with van der Waals surface area (Å²) >= 11 is 0. The van der Waals surface area contributed by atoms with Crippen molar-refractivity contribution in [2.75, 3.05) is 0 Å². The molecule has 9 aromatic rings. The predicted molar refractivity (Wildman–Crippen MR) is 226 cm³/mol. The highest BCUT2D eigenvalue weighted by Crippen LogP contribution is 2.55. The number of furan rings is 1. The van der Waals surface area contributed by atoms with E-state index >= 15 is 0 Å². The normalized spacial score (nSPS) is 14.1. The van der Waals surface area contributed by atoms with Crippen LogP contribution >= 0.6 is 0 Å². The Bertz CT molecular complexity index is 2920. The van der Waals surface area contributed by atoms with Crippen molar-refractivity contribution in [2.45, 2.75) is 38.5 Å². The Morgan fingerprint density at radius 2 is 0.873 bits per heavy atom. The molecule has 0 unspecified atom stereocenters. The topological polar surface area (TPSA) is 51.8 Å². The molecule has 0 saturated carbocycles. The number of hydrogen-bond acceptors (Lipinski definition) is 4. The fraction of sp³-hybridized carbons (Fsp3) is 0.118. The Kier molecular flexibility index (Phi) is 7.47. The molecule has 0 saturated heterocycles. The summed E-state index contributed by atoms with van der Waals surface area (Å²) in [6.07, 6.45) is 0. The number of benzene rings is 7. The zero-order chi connectivity index (χ0) is 37.3. The second-order valence-corrected chi connectivity index (χ2v) is 15.7. The van der Waals surface area contributed by atoms with Gasteiger partial charge in [0.25, 0.3) is 0 Å². The second-order valence-electron chi connectivity index (χ2n) is 15.7. The van der Waals surface area contributed by atoms with E-state index in [0.29, 0.717) is 17.5 Å². The molecule has 4 nitrogen and oxygen atoms in total. The van der Waals surface area contributed by atoms with Crippen LogP contribution < -0.4 is 0 Å². The second kappa shape index (κ2) is 12.5. The van der Waals surface area contributed by atoms with E-state index in [-0.39, 0.29) is 10.8 Å². The van der Waals surface area contributed by atoms with Crippen molar-refractivity contribution < 1.29 is 4.42 Å². The molecule has 1 aliphatic carbocycles. The molecule has 4 heteroatoms. The molecule has 1 aliphatic rings. The first-order valence-corrected chi connectivity index (χ1v) is 18.9. The molecular weight excluding hydrogens is 671 g/mol. The third-order valence-electron chi connectivity index (χ3n) is 12.1. The number of aromatic nitrogens is 3. The molecule has 2 aromatic heterocycles. The van der Waals surface area contributed by atoms with Crippen molar-refractivity contribution in [1.82, 2.24) is 15.0 Å². The van der Waals surface area contributed by atoms with Gasteiger partial charge in [0.1, 0.15) is 11.2 Å². The van der Waals surface area contributed by atoms with Gasteiger partial charge in [-0.25, -0.2) is 15.0 Å². The highest BCUT2D eigenvalue weighted by Gasteiger charge is 2.46. The quantitative estimate of drug-likeness (QED) is 0.178. The van der Waals surface area contributed by atoms with Crippen LogP contribution in [0.15, 0.2) is 168 Å². The molecular formula is C51H39N3O. The predicted octanol–water partition coefficient (Wildman–Crippen LogP) is 13.3. The number of fused-ring (bicyclic) bond motifs is 6. The molecule has 10 rings (SSSR count). The van der Waals surface area contributed by atoms with Crippen molar-refractivity contribution in [3.63, 3.8) is 0 Å². The van der Waals surface area contributed by atoms with Gasteiger partial charge in [-0.3, -0.25) is 0 Å². The minimum Gasteiger partial charge on any atom is -0.456 e. The van der Waals surface area contributed by atoms with Crippen molar-refractivity contribution in [1.29, 1.82) is 0 Å². The first-order valence-electron chi connectivity index (χ1n) is 18.9. The molecule has 264 valence electrons. The summed E-state index contributed by atoms with van der Waals surface area (Å²) in [5, 5.41) is 2.17. The lowest BCUT2D eigenvalue weighted by molar-refractivity contribution is 0.299. The molecule has 0 spiro atoms. The number of nitrogens with zero attached hydrogens (tertiary/aromatic N) is 3. The third kappa shape index (κ3) is 5.40. The van der Waals surface area contributed by atoms with Gasteiger partial charge >= 0.3 is 0 Å². The van der Waals surface area contributed by atoms with Gasteiger partial charge < -0.3 is 4.42 Å². The van der Waals surface area contributed by atoms with Crippen LogP contribution in [-0.2, 0) is 10.8 Å². The zero-order valence-electron chi connectivity index (χ0n) is 31.3. The molecule has 0 fully saturated rings. The lowest BCUT2D eigenvalue weighted by atomic mass is 9.55. The average Bonchev–Trinajstić information content (AvgIpc) is 3.61. The Balaban J connectivity index is 1.11. The summed E-state index contributed by atoms with van der Waals surface area (Å²) in [5.41, 5.74) is 14.1. The number of para-hydroxylation sites is 1. The van der Waals surface area contributed by atoms with Crippen LogP contribution in [0.1, 0.15) is 38.8 Å². The molecule has 0 atom stereocenters. The molecule has 0 amide bonds. The largest absolute Gasteiger partial charge is 0.456 e. The van der Waals surface area contributed by atoms with Crippen molar-refractivity contribution in [2.24, 2.45) is 0 Å². The SMILES string of the molecule is CC1(C)c2ccc(-c3cccc(-c4ccccc4)c3)cc2-c2ccc(-c3nc(-c4ccccc4)nc(-c4ccc5c(c4)oc4ccccc45)n3)cc2C1(C)C. The molecule has 0 aliphatic heterocycles. The summed E-state index contributed by atoms with van der Waals surface area (Å²) in [6.45, 7) is 9.49. The van der Waals surface area contributed by atoms with Gasteiger partial charge in [-0.05, 0) is 91.7 Å². The van der Waals surface area contributed by atoms with E-state index in [2.05, 4.69) is 137 Å². The highest BCUT2D eigenvalue weighted by molar-refractivity contribution is 6.05. The molecule has 55 heavy (non-hydrogen) atoms. The van der Waals surface area contributed by atoms with Crippen LogP contribution in [0.2, 0.25) is 0 Å². The van der Waals surface area contributed by atoms with Crippen LogP contribution in [0.4, 0.5) is 0 Å². The average molecular weight is 710 g/mol. The summed E-state index contributed by atoms with van der Waals surface area (Å²) in [6, 6.07) is 57.8. The molecule has 7 aromatic carbocycles.